The molecule has 3 rings (SSSR count). The van der Waals surface area contributed by atoms with Crippen molar-refractivity contribution in [1.82, 2.24) is 0 Å². The highest BCUT2D eigenvalue weighted by molar-refractivity contribution is 7.92. The molecule has 0 radical (unpaired) electrons. The van der Waals surface area contributed by atoms with Gasteiger partial charge in [-0.2, -0.15) is 0 Å². The largest absolute Gasteiger partial charge is 0.494 e. The highest BCUT2D eigenvalue weighted by atomic mass is 35.5. The van der Waals surface area contributed by atoms with Crippen molar-refractivity contribution in [3.63, 3.8) is 0 Å². The molecule has 0 aliphatic carbocycles. The Bertz CT molecular complexity index is 1120. The van der Waals surface area contributed by atoms with Crippen LogP contribution in [0.25, 0.3) is 0 Å². The number of amides is 1. The van der Waals surface area contributed by atoms with E-state index in [-0.39, 0.29) is 21.5 Å². The molecule has 0 atom stereocenters. The van der Waals surface area contributed by atoms with Gasteiger partial charge in [0.05, 0.1) is 22.2 Å². The molecule has 0 bridgehead atoms. The molecule has 2 N–H and O–H groups in total. The minimum absolute atomic E-state index is 0.00177. The van der Waals surface area contributed by atoms with Crippen LogP contribution in [0.5, 0.6) is 5.75 Å². The van der Waals surface area contributed by atoms with Gasteiger partial charge in [-0.3, -0.25) is 9.52 Å². The molecule has 0 saturated heterocycles. The van der Waals surface area contributed by atoms with Crippen molar-refractivity contribution >= 4 is 38.9 Å². The van der Waals surface area contributed by atoms with Crippen LogP contribution in [0.4, 0.5) is 11.4 Å². The van der Waals surface area contributed by atoms with Crippen LogP contribution in [0.2, 0.25) is 5.02 Å². The highest BCUT2D eigenvalue weighted by Gasteiger charge is 2.17. The molecule has 0 aliphatic heterocycles. The predicted octanol–water partition coefficient (Wildman–Crippen LogP) is 4.79. The fourth-order valence-electron chi connectivity index (χ4n) is 2.56. The molecule has 1 amide bonds. The monoisotopic (exact) mass is 430 g/mol. The van der Waals surface area contributed by atoms with Gasteiger partial charge in [-0.25, -0.2) is 8.42 Å². The Balaban J connectivity index is 1.76. The third-order valence-electron chi connectivity index (χ3n) is 3.95. The number of carbonyl (C=O) groups is 1. The lowest BCUT2D eigenvalue weighted by atomic mass is 10.2. The van der Waals surface area contributed by atoms with Crippen molar-refractivity contribution in [2.75, 3.05) is 16.6 Å². The lowest BCUT2D eigenvalue weighted by molar-refractivity contribution is 0.102. The molecule has 8 heteroatoms. The zero-order valence-corrected chi connectivity index (χ0v) is 17.1. The number of sulfonamides is 1. The molecule has 0 heterocycles. The number of rotatable bonds is 7. The smallest absolute Gasteiger partial charge is 0.262 e. The molecule has 0 saturated carbocycles. The average Bonchev–Trinajstić information content (AvgIpc) is 2.70. The Morgan fingerprint density at radius 3 is 2.41 bits per heavy atom. The van der Waals surface area contributed by atoms with Gasteiger partial charge in [0.25, 0.3) is 15.9 Å². The van der Waals surface area contributed by atoms with E-state index in [0.717, 1.165) is 0 Å². The minimum Gasteiger partial charge on any atom is -0.494 e. The molecular weight excluding hydrogens is 412 g/mol. The molecule has 3 aromatic carbocycles. The van der Waals surface area contributed by atoms with E-state index in [1.807, 2.05) is 6.92 Å². The summed E-state index contributed by atoms with van der Waals surface area (Å²) in [6, 6.07) is 19.2. The summed E-state index contributed by atoms with van der Waals surface area (Å²) >= 11 is 6.02. The Morgan fingerprint density at radius 2 is 1.72 bits per heavy atom. The summed E-state index contributed by atoms with van der Waals surface area (Å²) in [6.45, 7) is 2.41. The maximum atomic E-state index is 12.7. The number of halogens is 1. The van der Waals surface area contributed by atoms with Crippen LogP contribution >= 0.6 is 11.6 Å². The Morgan fingerprint density at radius 1 is 1.00 bits per heavy atom. The van der Waals surface area contributed by atoms with E-state index in [2.05, 4.69) is 10.0 Å². The number of benzene rings is 3. The zero-order chi connectivity index (χ0) is 20.9. The SMILES string of the molecule is CCOc1ccc(C(=O)Nc2cccc(S(=O)(=O)Nc3ccccc3Cl)c2)cc1. The maximum Gasteiger partial charge on any atom is 0.262 e. The lowest BCUT2D eigenvalue weighted by Gasteiger charge is -2.11. The van der Waals surface area contributed by atoms with Crippen molar-refractivity contribution < 1.29 is 17.9 Å². The summed E-state index contributed by atoms with van der Waals surface area (Å²) in [6.07, 6.45) is 0. The fraction of sp³-hybridized carbons (Fsp3) is 0.0952. The Hall–Kier alpha value is -3.03. The molecule has 0 fully saturated rings. The number of hydrogen-bond donors (Lipinski definition) is 2. The number of para-hydroxylation sites is 1. The molecule has 29 heavy (non-hydrogen) atoms. The van der Waals surface area contributed by atoms with Crippen LogP contribution < -0.4 is 14.8 Å². The molecule has 6 nitrogen and oxygen atoms in total. The third kappa shape index (κ3) is 5.28. The van der Waals surface area contributed by atoms with Gasteiger partial charge in [-0.1, -0.05) is 29.8 Å². The van der Waals surface area contributed by atoms with Gasteiger partial charge in [0, 0.05) is 11.3 Å². The quantitative estimate of drug-likeness (QED) is 0.564. The van der Waals surface area contributed by atoms with Gasteiger partial charge >= 0.3 is 0 Å². The minimum atomic E-state index is -3.87. The van der Waals surface area contributed by atoms with Gasteiger partial charge < -0.3 is 10.1 Å². The summed E-state index contributed by atoms with van der Waals surface area (Å²) < 4.78 is 33.1. The van der Waals surface area contributed by atoms with Crippen LogP contribution in [0.1, 0.15) is 17.3 Å². The topological polar surface area (TPSA) is 84.5 Å². The maximum absolute atomic E-state index is 12.7. The highest BCUT2D eigenvalue weighted by Crippen LogP contribution is 2.25. The van der Waals surface area contributed by atoms with Gasteiger partial charge in [0.2, 0.25) is 0 Å². The first-order valence-electron chi connectivity index (χ1n) is 8.80. The van der Waals surface area contributed by atoms with E-state index in [1.165, 1.54) is 12.1 Å². The first-order valence-corrected chi connectivity index (χ1v) is 10.7. The summed E-state index contributed by atoms with van der Waals surface area (Å²) in [5.41, 5.74) is 1.06. The molecule has 3 aromatic rings. The number of nitrogens with one attached hydrogen (secondary N) is 2. The standard InChI is InChI=1S/C21H19ClN2O4S/c1-2-28-17-12-10-15(11-13-17)21(25)23-16-6-5-7-18(14-16)29(26,27)24-20-9-4-3-8-19(20)22/h3-14,24H,2H2,1H3,(H,23,25). The lowest BCUT2D eigenvalue weighted by Crippen LogP contribution is -2.15. The van der Waals surface area contributed by atoms with E-state index < -0.39 is 10.0 Å². The number of hydrogen-bond acceptors (Lipinski definition) is 4. The number of carbonyl (C=O) groups excluding carboxylic acids is 1. The molecule has 0 spiro atoms. The Kier molecular flexibility index (Phi) is 6.41. The second kappa shape index (κ2) is 8.98. The van der Waals surface area contributed by atoms with Crippen molar-refractivity contribution in [2.45, 2.75) is 11.8 Å². The molecule has 0 unspecified atom stereocenters. The van der Waals surface area contributed by atoms with E-state index in [4.69, 9.17) is 16.3 Å². The van der Waals surface area contributed by atoms with Gasteiger partial charge in [0.15, 0.2) is 0 Å². The van der Waals surface area contributed by atoms with Crippen LogP contribution in [0.15, 0.2) is 77.7 Å². The average molecular weight is 431 g/mol. The van der Waals surface area contributed by atoms with E-state index in [1.54, 1.807) is 60.7 Å². The van der Waals surface area contributed by atoms with Gasteiger partial charge in [-0.05, 0) is 61.5 Å². The summed E-state index contributed by atoms with van der Waals surface area (Å²) in [5.74, 6) is 0.310. The van der Waals surface area contributed by atoms with Crippen LogP contribution in [-0.4, -0.2) is 20.9 Å². The molecule has 0 aliphatic rings. The predicted molar refractivity (Wildman–Crippen MR) is 114 cm³/mol. The molecular formula is C21H19ClN2O4S. The van der Waals surface area contributed by atoms with Crippen molar-refractivity contribution in [3.05, 3.63) is 83.4 Å². The van der Waals surface area contributed by atoms with Gasteiger partial charge in [0.1, 0.15) is 5.75 Å². The number of anilines is 2. The van der Waals surface area contributed by atoms with E-state index in [9.17, 15) is 13.2 Å². The number of ether oxygens (including phenoxy) is 1. The fourth-order valence-corrected chi connectivity index (χ4v) is 3.93. The van der Waals surface area contributed by atoms with Crippen LogP contribution in [-0.2, 0) is 10.0 Å². The van der Waals surface area contributed by atoms with Crippen molar-refractivity contribution in [2.24, 2.45) is 0 Å². The van der Waals surface area contributed by atoms with Gasteiger partial charge in [-0.15, -0.1) is 0 Å². The summed E-state index contributed by atoms with van der Waals surface area (Å²) in [7, 11) is -3.87. The molecule has 0 aromatic heterocycles. The first kappa shape index (κ1) is 20.7. The zero-order valence-electron chi connectivity index (χ0n) is 15.6. The van der Waals surface area contributed by atoms with Crippen molar-refractivity contribution in [1.29, 1.82) is 0 Å². The van der Waals surface area contributed by atoms with Crippen LogP contribution in [0.3, 0.4) is 0 Å². The Labute approximate surface area is 174 Å². The molecule has 150 valence electrons. The summed E-state index contributed by atoms with van der Waals surface area (Å²) in [5, 5.41) is 2.99. The van der Waals surface area contributed by atoms with E-state index in [0.29, 0.717) is 23.6 Å². The third-order valence-corrected chi connectivity index (χ3v) is 5.64. The van der Waals surface area contributed by atoms with Crippen molar-refractivity contribution in [3.8, 4) is 5.75 Å². The normalized spacial score (nSPS) is 11.0. The first-order chi connectivity index (χ1) is 13.9. The second-order valence-electron chi connectivity index (χ2n) is 6.02. The second-order valence-corrected chi connectivity index (χ2v) is 8.11. The van der Waals surface area contributed by atoms with Crippen LogP contribution in [0, 0.1) is 0 Å². The summed E-state index contributed by atoms with van der Waals surface area (Å²) in [4.78, 5) is 12.4. The van der Waals surface area contributed by atoms with E-state index >= 15 is 0 Å².